The standard InChI is InChI=1S/C27H20ClF2N7O2S.C10H19NS/c1-11(12-4-3-7-34-24(12)32)37-8-9-39-22-18-21(35-27(38-2)36-26(18)37)20(30)17(19(22)28)13-5-6-15(29)23-16(13)14(10-31)25(33)40-23;1-2-12-8-9-6-10-4-3-5-11(10)7-9/h3-7,11H,8-9,33H2,1-2H3,(H2,32,34);9-10H,2-8H2,1H3/t11-;/m1./s1. The van der Waals surface area contributed by atoms with E-state index in [0.717, 1.165) is 28.9 Å². The predicted molar refractivity (Wildman–Crippen MR) is 207 cm³/mol. The number of thioether (sulfide) groups is 1. The average molecular weight is 765 g/mol. The van der Waals surface area contributed by atoms with Gasteiger partial charge in [-0.3, -0.25) is 0 Å². The van der Waals surface area contributed by atoms with E-state index >= 15 is 4.39 Å². The quantitative estimate of drug-likeness (QED) is 0.166. The highest BCUT2D eigenvalue weighted by atomic mass is 35.5. The fraction of sp³-hybridized carbons (Fsp3) is 0.405. The number of nitrogens with two attached hydrogens (primary N) is 2. The number of halogens is 3. The molecule has 52 heavy (non-hydrogen) atoms. The van der Waals surface area contributed by atoms with Gasteiger partial charge in [0.2, 0.25) is 0 Å². The molecule has 8 rings (SSSR count). The van der Waals surface area contributed by atoms with Gasteiger partial charge in [-0.2, -0.15) is 27.0 Å². The number of fused-ring (bicyclic) bond motifs is 2. The van der Waals surface area contributed by atoms with Crippen LogP contribution >= 0.6 is 34.7 Å². The molecule has 3 atom stereocenters. The van der Waals surface area contributed by atoms with Crippen molar-refractivity contribution in [1.82, 2.24) is 19.9 Å². The van der Waals surface area contributed by atoms with Crippen LogP contribution in [0.5, 0.6) is 11.8 Å². The summed E-state index contributed by atoms with van der Waals surface area (Å²) in [5.74, 6) is 3.14. The number of hydrogen-bond donors (Lipinski definition) is 2. The Bertz CT molecular complexity index is 2190. The molecule has 0 bridgehead atoms. The monoisotopic (exact) mass is 764 g/mol. The van der Waals surface area contributed by atoms with Crippen LogP contribution in [0, 0.1) is 28.9 Å². The van der Waals surface area contributed by atoms with E-state index in [-0.39, 0.29) is 72.1 Å². The van der Waals surface area contributed by atoms with Crippen LogP contribution in [-0.4, -0.2) is 70.8 Å². The number of nitrogen functional groups attached to an aromatic ring is 2. The van der Waals surface area contributed by atoms with Gasteiger partial charge in [0.15, 0.2) is 11.6 Å². The van der Waals surface area contributed by atoms with E-state index in [9.17, 15) is 9.65 Å². The number of ether oxygens (including phenoxy) is 2. The first kappa shape index (κ1) is 36.2. The molecule has 3 aromatic heterocycles. The van der Waals surface area contributed by atoms with Crippen molar-refractivity contribution < 1.29 is 18.3 Å². The molecular formula is C37H39ClF2N8O2S2. The molecule has 0 saturated carbocycles. The largest absolute Gasteiger partial charge is 0.489 e. The summed E-state index contributed by atoms with van der Waals surface area (Å²) >= 11 is 9.91. The number of thiophene rings is 1. The molecule has 272 valence electrons. The van der Waals surface area contributed by atoms with E-state index < -0.39 is 11.6 Å². The Hall–Kier alpha value is -4.16. The summed E-state index contributed by atoms with van der Waals surface area (Å²) < 4.78 is 43.0. The summed E-state index contributed by atoms with van der Waals surface area (Å²) in [6.45, 7) is 7.48. The minimum absolute atomic E-state index is 0.0341. The molecule has 0 aliphatic carbocycles. The number of aromatic nitrogens is 3. The molecule has 0 spiro atoms. The van der Waals surface area contributed by atoms with Crippen molar-refractivity contribution in [2.24, 2.45) is 5.92 Å². The van der Waals surface area contributed by atoms with Gasteiger partial charge >= 0.3 is 6.01 Å². The molecule has 0 radical (unpaired) electrons. The molecule has 5 aromatic rings. The number of nitriles is 1. The van der Waals surface area contributed by atoms with Crippen LogP contribution in [0.2, 0.25) is 5.02 Å². The van der Waals surface area contributed by atoms with E-state index in [1.54, 1.807) is 12.3 Å². The zero-order valence-electron chi connectivity index (χ0n) is 29.1. The molecule has 15 heteroatoms. The Kier molecular flexibility index (Phi) is 10.5. The first-order chi connectivity index (χ1) is 25.2. The Balaban J connectivity index is 0.000000295. The number of hydrogen-bond acceptors (Lipinski definition) is 12. The van der Waals surface area contributed by atoms with E-state index in [1.165, 1.54) is 63.1 Å². The van der Waals surface area contributed by atoms with Gasteiger partial charge in [0.1, 0.15) is 40.6 Å². The van der Waals surface area contributed by atoms with Gasteiger partial charge in [0, 0.05) is 35.3 Å². The molecule has 4 N–H and O–H groups in total. The fourth-order valence-corrected chi connectivity index (χ4v) is 9.79. The minimum atomic E-state index is -0.814. The lowest BCUT2D eigenvalue weighted by atomic mass is 9.96. The zero-order valence-corrected chi connectivity index (χ0v) is 31.5. The number of anilines is 3. The number of rotatable bonds is 7. The lowest BCUT2D eigenvalue weighted by molar-refractivity contribution is 0.320. The SMILES string of the molecule is CCSCC1CC2CCCN2C1.COc1nc2c3c(c(Cl)c(-c4ccc(F)c5sc(N)c(C#N)c45)c(F)c3n1)OCCN2[C@H](C)c1cccnc1N. The van der Waals surface area contributed by atoms with Crippen molar-refractivity contribution in [2.45, 2.75) is 45.2 Å². The topological polar surface area (TPSA) is 139 Å². The van der Waals surface area contributed by atoms with Crippen LogP contribution in [-0.2, 0) is 0 Å². The Labute approximate surface area is 314 Å². The van der Waals surface area contributed by atoms with Crippen LogP contribution < -0.4 is 25.8 Å². The second-order valence-electron chi connectivity index (χ2n) is 13.1. The maximum Gasteiger partial charge on any atom is 0.318 e. The van der Waals surface area contributed by atoms with Crippen molar-refractivity contribution in [3.8, 4) is 29.0 Å². The van der Waals surface area contributed by atoms with Crippen LogP contribution in [0.1, 0.15) is 50.3 Å². The third kappa shape index (κ3) is 6.42. The van der Waals surface area contributed by atoms with Crippen LogP contribution in [0.4, 0.5) is 25.4 Å². The summed E-state index contributed by atoms with van der Waals surface area (Å²) in [7, 11) is 1.38. The minimum Gasteiger partial charge on any atom is -0.489 e. The van der Waals surface area contributed by atoms with Gasteiger partial charge < -0.3 is 30.7 Å². The Morgan fingerprint density at radius 3 is 2.77 bits per heavy atom. The van der Waals surface area contributed by atoms with Gasteiger partial charge in [-0.15, -0.1) is 11.3 Å². The van der Waals surface area contributed by atoms with Crippen LogP contribution in [0.3, 0.4) is 0 Å². The van der Waals surface area contributed by atoms with Crippen molar-refractivity contribution >= 4 is 72.3 Å². The Morgan fingerprint density at radius 2 is 2.04 bits per heavy atom. The number of methoxy groups -OCH3 is 1. The lowest BCUT2D eigenvalue weighted by Crippen LogP contribution is -2.31. The van der Waals surface area contributed by atoms with Gasteiger partial charge in [-0.1, -0.05) is 30.7 Å². The van der Waals surface area contributed by atoms with Crippen molar-refractivity contribution in [3.05, 3.63) is 58.2 Å². The molecule has 2 unspecified atom stereocenters. The summed E-state index contributed by atoms with van der Waals surface area (Å²) in [5.41, 5.74) is 12.9. The highest BCUT2D eigenvalue weighted by Gasteiger charge is 2.35. The summed E-state index contributed by atoms with van der Waals surface area (Å²) in [4.78, 5) is 17.7. The van der Waals surface area contributed by atoms with E-state index in [4.69, 9.17) is 32.5 Å². The first-order valence-corrected chi connectivity index (χ1v) is 19.6. The number of benzene rings is 2. The van der Waals surface area contributed by atoms with Crippen molar-refractivity contribution in [3.63, 3.8) is 0 Å². The van der Waals surface area contributed by atoms with E-state index in [0.29, 0.717) is 18.2 Å². The third-order valence-electron chi connectivity index (χ3n) is 10.1. The summed E-state index contributed by atoms with van der Waals surface area (Å²) in [6.07, 6.45) is 6.03. The van der Waals surface area contributed by atoms with Gasteiger partial charge in [-0.25, -0.2) is 13.8 Å². The number of nitrogens with zero attached hydrogens (tertiary/aromatic N) is 6. The van der Waals surface area contributed by atoms with Crippen LogP contribution in [0.15, 0.2) is 30.5 Å². The van der Waals surface area contributed by atoms with Crippen molar-refractivity contribution in [1.29, 1.82) is 5.26 Å². The van der Waals surface area contributed by atoms with E-state index in [1.807, 2.05) is 24.0 Å². The smallest absolute Gasteiger partial charge is 0.318 e. The molecule has 0 amide bonds. The fourth-order valence-electron chi connectivity index (χ4n) is 7.69. The van der Waals surface area contributed by atoms with Gasteiger partial charge in [-0.05, 0) is 67.9 Å². The van der Waals surface area contributed by atoms with Crippen LogP contribution in [0.25, 0.3) is 32.1 Å². The molecule has 3 aliphatic heterocycles. The molecule has 10 nitrogen and oxygen atoms in total. The molecule has 2 fully saturated rings. The second kappa shape index (κ2) is 15.1. The average Bonchev–Trinajstić information content (AvgIpc) is 3.81. The summed E-state index contributed by atoms with van der Waals surface area (Å²) in [6, 6.07) is 8.74. The number of pyridine rings is 1. The lowest BCUT2D eigenvalue weighted by Gasteiger charge is -2.30. The highest BCUT2D eigenvalue weighted by Crippen LogP contribution is 2.51. The normalized spacial score (nSPS) is 18.8. The molecular weight excluding hydrogens is 726 g/mol. The maximum absolute atomic E-state index is 16.6. The van der Waals surface area contributed by atoms with E-state index in [2.05, 4.69) is 38.5 Å². The maximum atomic E-state index is 16.6. The Morgan fingerprint density at radius 1 is 1.21 bits per heavy atom. The summed E-state index contributed by atoms with van der Waals surface area (Å²) in [5, 5.41) is 10.2. The first-order valence-electron chi connectivity index (χ1n) is 17.3. The molecule has 2 saturated heterocycles. The van der Waals surface area contributed by atoms with Gasteiger partial charge in [0.05, 0.1) is 40.4 Å². The molecule has 2 aromatic carbocycles. The second-order valence-corrected chi connectivity index (χ2v) is 15.8. The zero-order chi connectivity index (χ0) is 36.7. The predicted octanol–water partition coefficient (Wildman–Crippen LogP) is 8.07. The highest BCUT2D eigenvalue weighted by molar-refractivity contribution is 7.99. The molecule has 3 aliphatic rings. The molecule has 6 heterocycles. The van der Waals surface area contributed by atoms with Gasteiger partial charge in [0.25, 0.3) is 0 Å². The third-order valence-corrected chi connectivity index (χ3v) is 12.6. The van der Waals surface area contributed by atoms with Crippen molar-refractivity contribution in [2.75, 3.05) is 61.2 Å².